The lowest BCUT2D eigenvalue weighted by atomic mass is 9.88. The fourth-order valence-electron chi connectivity index (χ4n) is 5.51. The molecule has 0 heterocycles. The molecule has 0 aliphatic carbocycles. The first-order valence-corrected chi connectivity index (χ1v) is 14.2. The van der Waals surface area contributed by atoms with E-state index in [-0.39, 0.29) is 74.4 Å². The average molecular weight is 613 g/mol. The number of hydrogen-bond acceptors (Lipinski definition) is 11. The van der Waals surface area contributed by atoms with Gasteiger partial charge >= 0.3 is 0 Å². The molecular formula is C33H40O11. The number of rotatable bonds is 12. The van der Waals surface area contributed by atoms with Crippen LogP contribution >= 0.6 is 0 Å². The lowest BCUT2D eigenvalue weighted by molar-refractivity contribution is 0.0966. The molecular weight excluding hydrogens is 572 g/mol. The van der Waals surface area contributed by atoms with Crippen molar-refractivity contribution in [2.45, 2.75) is 73.1 Å². The van der Waals surface area contributed by atoms with Crippen molar-refractivity contribution in [2.75, 3.05) is 14.2 Å². The van der Waals surface area contributed by atoms with Crippen molar-refractivity contribution in [1.82, 2.24) is 0 Å². The predicted octanol–water partition coefficient (Wildman–Crippen LogP) is 5.72. The van der Waals surface area contributed by atoms with Crippen LogP contribution < -0.4 is 9.47 Å². The summed E-state index contributed by atoms with van der Waals surface area (Å²) in [7, 11) is 2.59. The minimum absolute atomic E-state index is 0.00697. The van der Waals surface area contributed by atoms with Crippen LogP contribution in [0.3, 0.4) is 0 Å². The zero-order valence-corrected chi connectivity index (χ0v) is 26.0. The Morgan fingerprint density at radius 1 is 0.500 bits per heavy atom. The van der Waals surface area contributed by atoms with E-state index in [0.717, 1.165) is 0 Å². The first-order chi connectivity index (χ1) is 20.7. The number of methoxy groups -OCH3 is 2. The number of hydrogen-bond donors (Lipinski definition) is 7. The van der Waals surface area contributed by atoms with Gasteiger partial charge in [-0.1, -0.05) is 13.8 Å². The van der Waals surface area contributed by atoms with Crippen molar-refractivity contribution < 1.29 is 54.8 Å². The second-order valence-corrected chi connectivity index (χ2v) is 10.7. The van der Waals surface area contributed by atoms with E-state index in [2.05, 4.69) is 0 Å². The lowest BCUT2D eigenvalue weighted by Gasteiger charge is -2.22. The highest BCUT2D eigenvalue weighted by Crippen LogP contribution is 2.50. The topological polar surface area (TPSA) is 194 Å². The summed E-state index contributed by atoms with van der Waals surface area (Å²) in [5, 5.41) is 77.7. The average Bonchev–Trinajstić information content (AvgIpc) is 2.98. The number of benzene rings is 3. The van der Waals surface area contributed by atoms with Gasteiger partial charge in [-0.25, -0.2) is 0 Å². The van der Waals surface area contributed by atoms with Crippen LogP contribution in [0.15, 0.2) is 0 Å². The molecule has 0 bridgehead atoms. The van der Waals surface area contributed by atoms with E-state index < -0.39 is 64.7 Å². The molecule has 0 amide bonds. The Hall–Kier alpha value is -4.80. The van der Waals surface area contributed by atoms with Gasteiger partial charge in [0.2, 0.25) is 0 Å². The van der Waals surface area contributed by atoms with E-state index in [0.29, 0.717) is 12.8 Å². The molecule has 0 atom stereocenters. The summed E-state index contributed by atoms with van der Waals surface area (Å²) < 4.78 is 10.6. The molecule has 3 rings (SSSR count). The molecule has 0 saturated heterocycles. The number of carbonyl (C=O) groups excluding carboxylic acids is 2. The zero-order valence-electron chi connectivity index (χ0n) is 26.0. The Labute approximate surface area is 255 Å². The van der Waals surface area contributed by atoms with Crippen LogP contribution in [0.2, 0.25) is 0 Å². The van der Waals surface area contributed by atoms with Gasteiger partial charge in [-0.15, -0.1) is 0 Å². The number of ketones is 2. The van der Waals surface area contributed by atoms with E-state index in [4.69, 9.17) is 9.47 Å². The van der Waals surface area contributed by atoms with Gasteiger partial charge in [-0.2, -0.15) is 0 Å². The van der Waals surface area contributed by atoms with Gasteiger partial charge < -0.3 is 45.2 Å². The largest absolute Gasteiger partial charge is 0.507 e. The number of phenolic OH excluding ortho intramolecular Hbond substituents is 7. The molecule has 0 aromatic heterocycles. The highest BCUT2D eigenvalue weighted by molar-refractivity contribution is 6.03. The maximum absolute atomic E-state index is 12.9. The van der Waals surface area contributed by atoms with Crippen molar-refractivity contribution in [2.24, 2.45) is 0 Å². The second kappa shape index (κ2) is 13.2. The van der Waals surface area contributed by atoms with E-state index >= 15 is 0 Å². The van der Waals surface area contributed by atoms with Crippen molar-refractivity contribution in [3.05, 3.63) is 50.1 Å². The fourth-order valence-corrected chi connectivity index (χ4v) is 5.51. The zero-order chi connectivity index (χ0) is 33.2. The van der Waals surface area contributed by atoms with Crippen LogP contribution in [-0.4, -0.2) is 61.5 Å². The monoisotopic (exact) mass is 612 g/mol. The normalized spacial score (nSPS) is 11.1. The molecule has 0 unspecified atom stereocenters. The van der Waals surface area contributed by atoms with Crippen molar-refractivity contribution in [1.29, 1.82) is 0 Å². The molecule has 0 saturated carbocycles. The van der Waals surface area contributed by atoms with Crippen LogP contribution in [0.5, 0.6) is 51.7 Å². The molecule has 7 N–H and O–H groups in total. The number of ether oxygens (including phenoxy) is 2. The van der Waals surface area contributed by atoms with Gasteiger partial charge in [-0.3, -0.25) is 9.59 Å². The molecule has 0 radical (unpaired) electrons. The smallest absolute Gasteiger partial charge is 0.170 e. The highest BCUT2D eigenvalue weighted by atomic mass is 16.5. The molecule has 0 aliphatic rings. The Balaban J connectivity index is 2.29. The third-order valence-electron chi connectivity index (χ3n) is 7.94. The minimum Gasteiger partial charge on any atom is -0.507 e. The Bertz CT molecular complexity index is 1520. The maximum Gasteiger partial charge on any atom is 0.170 e. The SMILES string of the molecule is CCCC(=O)c1c(O)c(Cc2c(O)c(C)c(O)c(Cc3c(O)c(C)c(OC)c(C(=O)CCC)c3O)c2O)c(O)c(C)c1OC. The summed E-state index contributed by atoms with van der Waals surface area (Å²) in [5.74, 6) is -4.67. The van der Waals surface area contributed by atoms with Crippen LogP contribution in [0.25, 0.3) is 0 Å². The van der Waals surface area contributed by atoms with Crippen LogP contribution in [0.4, 0.5) is 0 Å². The summed E-state index contributed by atoms with van der Waals surface area (Å²) in [6.07, 6.45) is 0.165. The molecule has 11 nitrogen and oxygen atoms in total. The summed E-state index contributed by atoms with van der Waals surface area (Å²) in [6, 6.07) is 0. The minimum atomic E-state index is -0.659. The van der Waals surface area contributed by atoms with Gasteiger partial charge in [-0.05, 0) is 33.6 Å². The molecule has 0 fully saturated rings. The van der Waals surface area contributed by atoms with Gasteiger partial charge in [0.05, 0.1) is 14.2 Å². The fraction of sp³-hybridized carbons (Fsp3) is 0.394. The summed E-state index contributed by atoms with van der Waals surface area (Å²) >= 11 is 0. The summed E-state index contributed by atoms with van der Waals surface area (Å²) in [6.45, 7) is 7.91. The maximum atomic E-state index is 12.9. The van der Waals surface area contributed by atoms with E-state index in [1.807, 2.05) is 0 Å². The quantitative estimate of drug-likeness (QED) is 0.124. The predicted molar refractivity (Wildman–Crippen MR) is 162 cm³/mol. The van der Waals surface area contributed by atoms with Crippen molar-refractivity contribution in [3.63, 3.8) is 0 Å². The van der Waals surface area contributed by atoms with Gasteiger partial charge in [0.1, 0.15) is 62.9 Å². The highest BCUT2D eigenvalue weighted by Gasteiger charge is 2.31. The van der Waals surface area contributed by atoms with E-state index in [9.17, 15) is 45.3 Å². The first kappa shape index (κ1) is 33.7. The number of Topliss-reactive ketones (excluding diaryl/α,β-unsaturated/α-hetero) is 2. The molecule has 3 aromatic carbocycles. The van der Waals surface area contributed by atoms with Gasteiger partial charge in [0.25, 0.3) is 0 Å². The summed E-state index contributed by atoms with van der Waals surface area (Å²) in [5.41, 5.74) is -0.859. The summed E-state index contributed by atoms with van der Waals surface area (Å²) in [4.78, 5) is 25.8. The Kier molecular flexibility index (Phi) is 10.1. The molecule has 238 valence electrons. The Morgan fingerprint density at radius 3 is 1.09 bits per heavy atom. The molecule has 0 spiro atoms. The van der Waals surface area contributed by atoms with Gasteiger partial charge in [0, 0.05) is 64.6 Å². The van der Waals surface area contributed by atoms with Gasteiger partial charge in [0.15, 0.2) is 11.6 Å². The molecule has 11 heteroatoms. The van der Waals surface area contributed by atoms with E-state index in [1.54, 1.807) is 13.8 Å². The first-order valence-electron chi connectivity index (χ1n) is 14.2. The number of carbonyl (C=O) groups is 2. The standard InChI is InChI=1S/C33H40O11/c1-8-10-21(34)23-30(41)19(27(38)15(4)32(23)43-6)12-17-25(36)14(3)26(37)18(29(17)40)13-20-28(39)16(5)33(44-7)24(31(20)42)22(35)11-9-2/h36-42H,8-13H2,1-7H3. The second-order valence-electron chi connectivity index (χ2n) is 10.7. The lowest BCUT2D eigenvalue weighted by Crippen LogP contribution is -2.08. The van der Waals surface area contributed by atoms with Crippen LogP contribution in [-0.2, 0) is 12.8 Å². The number of aromatic hydroxyl groups is 7. The van der Waals surface area contributed by atoms with Crippen molar-refractivity contribution in [3.8, 4) is 51.7 Å². The molecule has 3 aromatic rings. The number of phenols is 7. The van der Waals surface area contributed by atoms with Crippen LogP contribution in [0.1, 0.15) is 99.2 Å². The van der Waals surface area contributed by atoms with Crippen LogP contribution in [0, 0.1) is 20.8 Å². The Morgan fingerprint density at radius 2 is 0.795 bits per heavy atom. The third kappa shape index (κ3) is 5.61. The van der Waals surface area contributed by atoms with E-state index in [1.165, 1.54) is 35.0 Å². The molecule has 44 heavy (non-hydrogen) atoms. The molecule has 0 aliphatic heterocycles. The van der Waals surface area contributed by atoms with Crippen molar-refractivity contribution >= 4 is 11.6 Å². The third-order valence-corrected chi connectivity index (χ3v) is 7.94.